The molecule has 31 heavy (non-hydrogen) atoms. The largest absolute Gasteiger partial charge is 0.418 e. The molecule has 1 saturated carbocycles. The van der Waals surface area contributed by atoms with Gasteiger partial charge in [-0.2, -0.15) is 13.2 Å². The van der Waals surface area contributed by atoms with E-state index in [-0.39, 0.29) is 11.7 Å². The fourth-order valence-electron chi connectivity index (χ4n) is 4.54. The van der Waals surface area contributed by atoms with Crippen molar-refractivity contribution in [2.75, 3.05) is 25.0 Å². The molecule has 0 spiro atoms. The highest BCUT2D eigenvalue weighted by molar-refractivity contribution is 6.31. The number of halogens is 4. The second kappa shape index (κ2) is 10.4. The van der Waals surface area contributed by atoms with Gasteiger partial charge in [0.05, 0.1) is 21.6 Å². The number of piperidine rings is 1. The molecule has 2 fully saturated rings. The van der Waals surface area contributed by atoms with Gasteiger partial charge in [-0.3, -0.25) is 10.1 Å². The van der Waals surface area contributed by atoms with E-state index in [2.05, 4.69) is 17.1 Å². The molecule has 0 amide bonds. The zero-order valence-corrected chi connectivity index (χ0v) is 18.3. The maximum absolute atomic E-state index is 13.0. The van der Waals surface area contributed by atoms with E-state index in [1.165, 1.54) is 0 Å². The molecular weight excluding hydrogens is 435 g/mol. The molecule has 1 aliphatic heterocycles. The second-order valence-electron chi connectivity index (χ2n) is 8.36. The number of anilines is 1. The Morgan fingerprint density at radius 1 is 1.19 bits per heavy atom. The molecule has 1 N–H and O–H groups in total. The Kier molecular flexibility index (Phi) is 8.04. The average molecular weight is 464 g/mol. The summed E-state index contributed by atoms with van der Waals surface area (Å²) in [4.78, 5) is 13.0. The number of rotatable bonds is 7. The molecular formula is C21H29ClF3N3O3. The van der Waals surface area contributed by atoms with Crippen molar-refractivity contribution < 1.29 is 22.8 Å². The minimum absolute atomic E-state index is 0.0371. The third kappa shape index (κ3) is 6.23. The lowest BCUT2D eigenvalue weighted by Gasteiger charge is -2.41. The van der Waals surface area contributed by atoms with E-state index in [9.17, 15) is 23.3 Å². The van der Waals surface area contributed by atoms with Crippen LogP contribution in [-0.4, -0.2) is 47.7 Å². The third-order valence-corrected chi connectivity index (χ3v) is 6.51. The fraction of sp³-hybridized carbons (Fsp3) is 0.714. The fourth-order valence-corrected chi connectivity index (χ4v) is 4.81. The Hall–Kier alpha value is -1.58. The zero-order valence-electron chi connectivity index (χ0n) is 17.6. The Bertz CT molecular complexity index is 762. The molecule has 1 saturated heterocycles. The molecule has 0 bridgehead atoms. The predicted molar refractivity (Wildman–Crippen MR) is 114 cm³/mol. The van der Waals surface area contributed by atoms with Gasteiger partial charge in [0.1, 0.15) is 5.69 Å². The van der Waals surface area contributed by atoms with E-state index < -0.39 is 27.4 Å². The van der Waals surface area contributed by atoms with Gasteiger partial charge in [-0.05, 0) is 51.0 Å². The molecule has 1 aromatic carbocycles. The van der Waals surface area contributed by atoms with Crippen LogP contribution >= 0.6 is 11.6 Å². The van der Waals surface area contributed by atoms with Crippen molar-refractivity contribution in [2.24, 2.45) is 0 Å². The highest BCUT2D eigenvalue weighted by Crippen LogP contribution is 2.41. The van der Waals surface area contributed by atoms with Gasteiger partial charge < -0.3 is 15.0 Å². The molecule has 0 atom stereocenters. The number of hydrogen-bond acceptors (Lipinski definition) is 5. The van der Waals surface area contributed by atoms with Crippen LogP contribution in [0, 0.1) is 10.1 Å². The van der Waals surface area contributed by atoms with Crippen LogP contribution in [0.2, 0.25) is 5.02 Å². The van der Waals surface area contributed by atoms with E-state index in [0.717, 1.165) is 70.7 Å². The third-order valence-electron chi connectivity index (χ3n) is 6.19. The quantitative estimate of drug-likeness (QED) is 0.404. The molecule has 1 aliphatic carbocycles. The van der Waals surface area contributed by atoms with Gasteiger partial charge in [-0.15, -0.1) is 0 Å². The van der Waals surface area contributed by atoms with E-state index >= 15 is 0 Å². The minimum atomic E-state index is -4.74. The molecule has 0 radical (unpaired) electrons. The van der Waals surface area contributed by atoms with Crippen LogP contribution < -0.4 is 5.32 Å². The Morgan fingerprint density at radius 3 is 2.39 bits per heavy atom. The molecule has 2 aliphatic rings. The second-order valence-corrected chi connectivity index (χ2v) is 8.77. The smallest absolute Gasteiger partial charge is 0.378 e. The Morgan fingerprint density at radius 2 is 1.84 bits per heavy atom. The number of likely N-dealkylation sites (tertiary alicyclic amines) is 1. The summed E-state index contributed by atoms with van der Waals surface area (Å²) in [5.74, 6) is 0. The Labute approximate surface area is 185 Å². The summed E-state index contributed by atoms with van der Waals surface area (Å²) in [6, 6.07) is 2.01. The van der Waals surface area contributed by atoms with Gasteiger partial charge in [0, 0.05) is 37.8 Å². The van der Waals surface area contributed by atoms with E-state index in [1.54, 1.807) is 0 Å². The van der Waals surface area contributed by atoms with Gasteiger partial charge in [-0.25, -0.2) is 0 Å². The number of alkyl halides is 3. The van der Waals surface area contributed by atoms with Crippen molar-refractivity contribution in [3.8, 4) is 0 Å². The van der Waals surface area contributed by atoms with Gasteiger partial charge in [-0.1, -0.05) is 18.5 Å². The van der Waals surface area contributed by atoms with Crippen molar-refractivity contribution in [3.63, 3.8) is 0 Å². The van der Waals surface area contributed by atoms with Gasteiger partial charge in [0.2, 0.25) is 0 Å². The number of nitro benzene ring substituents is 1. The van der Waals surface area contributed by atoms with Crippen LogP contribution in [0.1, 0.15) is 57.4 Å². The number of ether oxygens (including phenoxy) is 1. The summed E-state index contributed by atoms with van der Waals surface area (Å²) in [6.07, 6.45) is 2.52. The van der Waals surface area contributed by atoms with Crippen LogP contribution in [0.5, 0.6) is 0 Å². The number of nitrogens with one attached hydrogen (secondary N) is 1. The first-order chi connectivity index (χ1) is 14.7. The average Bonchev–Trinajstić information content (AvgIpc) is 2.72. The SMILES string of the molecule is CCCOC1CCC(N2CCC(Nc3cc(Cl)c(C(F)(F)F)cc3[N+](=O)[O-])CC2)CC1. The molecule has 1 heterocycles. The lowest BCUT2D eigenvalue weighted by Crippen LogP contribution is -2.46. The van der Waals surface area contributed by atoms with Crippen LogP contribution in [0.4, 0.5) is 24.5 Å². The van der Waals surface area contributed by atoms with Crippen LogP contribution in [-0.2, 0) is 10.9 Å². The van der Waals surface area contributed by atoms with Crippen molar-refractivity contribution in [1.29, 1.82) is 0 Å². The van der Waals surface area contributed by atoms with Crippen LogP contribution in [0.25, 0.3) is 0 Å². The molecule has 1 aromatic rings. The van der Waals surface area contributed by atoms with Crippen molar-refractivity contribution in [1.82, 2.24) is 4.90 Å². The summed E-state index contributed by atoms with van der Waals surface area (Å²) in [5, 5.41) is 13.9. The lowest BCUT2D eigenvalue weighted by molar-refractivity contribution is -0.384. The first kappa shape index (κ1) is 24.1. The summed E-state index contributed by atoms with van der Waals surface area (Å²) < 4.78 is 45.0. The zero-order chi connectivity index (χ0) is 22.6. The van der Waals surface area contributed by atoms with Crippen LogP contribution in [0.15, 0.2) is 12.1 Å². The monoisotopic (exact) mass is 463 g/mol. The first-order valence-corrected chi connectivity index (χ1v) is 11.2. The van der Waals surface area contributed by atoms with E-state index in [4.69, 9.17) is 16.3 Å². The highest BCUT2D eigenvalue weighted by atomic mass is 35.5. The number of nitro groups is 1. The number of hydrogen-bond donors (Lipinski definition) is 1. The normalized spacial score (nSPS) is 23.6. The van der Waals surface area contributed by atoms with Crippen molar-refractivity contribution in [3.05, 3.63) is 32.8 Å². The minimum Gasteiger partial charge on any atom is -0.378 e. The maximum Gasteiger partial charge on any atom is 0.418 e. The summed E-state index contributed by atoms with van der Waals surface area (Å²) in [5.41, 5.74) is -1.76. The van der Waals surface area contributed by atoms with Crippen molar-refractivity contribution in [2.45, 2.75) is 76.2 Å². The summed E-state index contributed by atoms with van der Waals surface area (Å²) >= 11 is 5.78. The molecule has 0 unspecified atom stereocenters. The van der Waals surface area contributed by atoms with E-state index in [1.807, 2.05) is 0 Å². The molecule has 10 heteroatoms. The molecule has 6 nitrogen and oxygen atoms in total. The van der Waals surface area contributed by atoms with Crippen molar-refractivity contribution >= 4 is 23.0 Å². The standard InChI is InChI=1S/C21H29ClF3N3O3/c1-2-11-31-16-5-3-15(4-6-16)27-9-7-14(8-10-27)26-19-13-18(22)17(21(23,24)25)12-20(19)28(29)30/h12-16,26H,2-11H2,1H3. The molecule has 0 aromatic heterocycles. The number of benzene rings is 1. The van der Waals surface area contributed by atoms with Gasteiger partial charge >= 0.3 is 6.18 Å². The molecule has 174 valence electrons. The molecule has 3 rings (SSSR count). The van der Waals surface area contributed by atoms with Gasteiger partial charge in [0.25, 0.3) is 5.69 Å². The maximum atomic E-state index is 13.0. The lowest BCUT2D eigenvalue weighted by atomic mass is 9.90. The topological polar surface area (TPSA) is 67.6 Å². The van der Waals surface area contributed by atoms with E-state index in [0.29, 0.717) is 18.2 Å². The van der Waals surface area contributed by atoms with Crippen LogP contribution in [0.3, 0.4) is 0 Å². The number of nitrogens with zero attached hydrogens (tertiary/aromatic N) is 2. The van der Waals surface area contributed by atoms with Gasteiger partial charge in [0.15, 0.2) is 0 Å². The highest BCUT2D eigenvalue weighted by Gasteiger charge is 2.37. The Balaban J connectivity index is 1.56. The summed E-state index contributed by atoms with van der Waals surface area (Å²) in [6.45, 7) is 4.62. The summed E-state index contributed by atoms with van der Waals surface area (Å²) in [7, 11) is 0. The predicted octanol–water partition coefficient (Wildman–Crippen LogP) is 5.88. The first-order valence-electron chi connectivity index (χ1n) is 10.9.